The topological polar surface area (TPSA) is 6.48 Å². The van der Waals surface area contributed by atoms with Gasteiger partial charge in [-0.15, -0.1) is 0 Å². The highest BCUT2D eigenvalue weighted by atomic mass is 15.1. The SMILES string of the molecule is CC(C)(C)c1ccc(N(c2ccccc2)c2ccc3c4c(c5ccccc5c3c2)-c2c(cc(N(c3ccccc3)c3ccc(C(C)(C)C)cc3)c3ccccc23)C4(c2ccccc2)c2ccccc2)cc1. The van der Waals surface area contributed by atoms with Gasteiger partial charge >= 0.3 is 0 Å². The molecule has 11 aromatic carbocycles. The lowest BCUT2D eigenvalue weighted by Crippen LogP contribution is -2.29. The fourth-order valence-corrected chi connectivity index (χ4v) is 11.6. The predicted molar refractivity (Wildman–Crippen MR) is 303 cm³/mol. The highest BCUT2D eigenvalue weighted by Gasteiger charge is 2.49. The Morgan fingerprint density at radius 1 is 0.296 bits per heavy atom. The van der Waals surface area contributed by atoms with Crippen LogP contribution in [0.4, 0.5) is 34.1 Å². The minimum atomic E-state index is -0.712. The summed E-state index contributed by atoms with van der Waals surface area (Å²) in [6.07, 6.45) is 0. The lowest BCUT2D eigenvalue weighted by molar-refractivity contribution is 0.590. The fraction of sp³-hybridized carbons (Fsp3) is 0.130. The third-order valence-corrected chi connectivity index (χ3v) is 15.0. The molecule has 1 aliphatic rings. The number of hydrogen-bond donors (Lipinski definition) is 0. The Balaban J connectivity index is 1.21. The van der Waals surface area contributed by atoms with E-state index in [1.807, 2.05) is 0 Å². The van der Waals surface area contributed by atoms with Crippen LogP contribution in [0, 0.1) is 0 Å². The molecule has 0 amide bonds. The molecular weight excluding hydrogens is 857 g/mol. The average Bonchev–Trinajstić information content (AvgIpc) is 3.73. The number of anilines is 6. The number of benzene rings is 11. The second-order valence-corrected chi connectivity index (χ2v) is 21.3. The Morgan fingerprint density at radius 2 is 0.690 bits per heavy atom. The first-order chi connectivity index (χ1) is 34.5. The summed E-state index contributed by atoms with van der Waals surface area (Å²) in [5.74, 6) is 0. The highest BCUT2D eigenvalue weighted by molar-refractivity contribution is 6.24. The summed E-state index contributed by atoms with van der Waals surface area (Å²) in [6.45, 7) is 13.7. The van der Waals surface area contributed by atoms with Gasteiger partial charge in [0.05, 0.1) is 11.1 Å². The normalized spacial score (nSPS) is 13.0. The first-order valence-corrected chi connectivity index (χ1v) is 25.1. The van der Waals surface area contributed by atoms with E-state index < -0.39 is 5.41 Å². The zero-order chi connectivity index (χ0) is 48.5. The smallest absolute Gasteiger partial charge is 0.0720 e. The lowest BCUT2D eigenvalue weighted by atomic mass is 9.66. The first kappa shape index (κ1) is 44.0. The number of fused-ring (bicyclic) bond motifs is 10. The Labute approximate surface area is 419 Å². The van der Waals surface area contributed by atoms with E-state index in [1.165, 1.54) is 76.8 Å². The molecule has 0 aliphatic heterocycles. The summed E-state index contributed by atoms with van der Waals surface area (Å²) in [4.78, 5) is 4.89. The Morgan fingerprint density at radius 3 is 1.20 bits per heavy atom. The van der Waals surface area contributed by atoms with Gasteiger partial charge in [0.15, 0.2) is 0 Å². The van der Waals surface area contributed by atoms with Crippen molar-refractivity contribution in [1.29, 1.82) is 0 Å². The van der Waals surface area contributed by atoms with E-state index in [0.717, 1.165) is 34.1 Å². The zero-order valence-electron chi connectivity index (χ0n) is 41.5. The van der Waals surface area contributed by atoms with Crippen molar-refractivity contribution in [3.63, 3.8) is 0 Å². The fourth-order valence-electron chi connectivity index (χ4n) is 11.6. The van der Waals surface area contributed by atoms with Gasteiger partial charge in [-0.1, -0.05) is 217 Å². The molecule has 0 unspecified atom stereocenters. The van der Waals surface area contributed by atoms with Crippen molar-refractivity contribution < 1.29 is 0 Å². The number of nitrogens with zero attached hydrogens (tertiary/aromatic N) is 2. The van der Waals surface area contributed by atoms with Crippen molar-refractivity contribution in [3.05, 3.63) is 276 Å². The molecule has 2 heteroatoms. The minimum Gasteiger partial charge on any atom is -0.310 e. The maximum Gasteiger partial charge on any atom is 0.0720 e. The van der Waals surface area contributed by atoms with Crippen molar-refractivity contribution in [2.24, 2.45) is 0 Å². The summed E-state index contributed by atoms with van der Waals surface area (Å²) in [5.41, 5.74) is 16.4. The Kier molecular flexibility index (Phi) is 10.6. The zero-order valence-corrected chi connectivity index (χ0v) is 41.5. The summed E-state index contributed by atoms with van der Waals surface area (Å²) in [6, 6.07) is 90.8. The minimum absolute atomic E-state index is 0.0248. The molecule has 12 rings (SSSR count). The third kappa shape index (κ3) is 7.23. The van der Waals surface area contributed by atoms with E-state index in [9.17, 15) is 0 Å². The van der Waals surface area contributed by atoms with Gasteiger partial charge < -0.3 is 9.80 Å². The van der Waals surface area contributed by atoms with E-state index in [1.54, 1.807) is 0 Å². The van der Waals surface area contributed by atoms with Gasteiger partial charge in [-0.3, -0.25) is 0 Å². The van der Waals surface area contributed by atoms with Gasteiger partial charge in [-0.2, -0.15) is 0 Å². The van der Waals surface area contributed by atoms with Crippen molar-refractivity contribution in [3.8, 4) is 11.1 Å². The van der Waals surface area contributed by atoms with Crippen LogP contribution >= 0.6 is 0 Å². The maximum atomic E-state index is 2.55. The predicted octanol–water partition coefficient (Wildman–Crippen LogP) is 19.0. The molecule has 11 aromatic rings. The molecule has 0 saturated carbocycles. The van der Waals surface area contributed by atoms with E-state index in [4.69, 9.17) is 0 Å². The van der Waals surface area contributed by atoms with Crippen LogP contribution in [0.3, 0.4) is 0 Å². The van der Waals surface area contributed by atoms with Gasteiger partial charge in [0, 0.05) is 33.8 Å². The van der Waals surface area contributed by atoms with Crippen LogP contribution in [0.5, 0.6) is 0 Å². The van der Waals surface area contributed by atoms with Crippen LogP contribution in [-0.4, -0.2) is 0 Å². The molecule has 1 aliphatic carbocycles. The van der Waals surface area contributed by atoms with Gasteiger partial charge in [0.25, 0.3) is 0 Å². The average molecular weight is 915 g/mol. The second kappa shape index (κ2) is 17.0. The number of rotatable bonds is 8. The second-order valence-electron chi connectivity index (χ2n) is 21.3. The van der Waals surface area contributed by atoms with Crippen molar-refractivity contribution >= 4 is 66.4 Å². The van der Waals surface area contributed by atoms with E-state index >= 15 is 0 Å². The molecule has 71 heavy (non-hydrogen) atoms. The van der Waals surface area contributed by atoms with Crippen LogP contribution in [0.1, 0.15) is 74.9 Å². The van der Waals surface area contributed by atoms with Crippen molar-refractivity contribution in [2.45, 2.75) is 57.8 Å². The van der Waals surface area contributed by atoms with Crippen LogP contribution in [-0.2, 0) is 16.2 Å². The molecule has 0 N–H and O–H groups in total. The summed E-state index contributed by atoms with van der Waals surface area (Å²) >= 11 is 0. The number of hydrogen-bond acceptors (Lipinski definition) is 2. The molecule has 0 radical (unpaired) electrons. The van der Waals surface area contributed by atoms with Gasteiger partial charge in [-0.05, 0) is 149 Å². The van der Waals surface area contributed by atoms with E-state index in [2.05, 4.69) is 294 Å². The first-order valence-electron chi connectivity index (χ1n) is 25.1. The molecule has 0 aromatic heterocycles. The lowest BCUT2D eigenvalue weighted by Gasteiger charge is -2.36. The standard InChI is InChI=1S/C69H58N2/c1-67(2,3)47-35-39-53(40-36-47)70(51-27-15-9-16-28-51)55-43-44-60-61(45-55)56-31-19-21-33-58(56)65-64-59-34-22-20-32-57(59)63(71(52-29-17-10-18-30-52)54-41-37-48(38-42-54)68(4,5)6)46-62(64)69(66(60)65,49-23-11-7-12-24-49)50-25-13-8-14-26-50/h7-46H,1-6H3. The highest BCUT2D eigenvalue weighted by Crippen LogP contribution is 2.63. The molecule has 0 spiro atoms. The maximum absolute atomic E-state index is 2.55. The molecule has 0 fully saturated rings. The van der Waals surface area contributed by atoms with Crippen LogP contribution in [0.15, 0.2) is 243 Å². The van der Waals surface area contributed by atoms with Crippen LogP contribution in [0.2, 0.25) is 0 Å². The molecule has 0 atom stereocenters. The van der Waals surface area contributed by atoms with Crippen LogP contribution < -0.4 is 9.80 Å². The summed E-state index contributed by atoms with van der Waals surface area (Å²) in [5, 5.41) is 7.39. The van der Waals surface area contributed by atoms with Gasteiger partial charge in [0.2, 0.25) is 0 Å². The quantitative estimate of drug-likeness (QED) is 0.140. The molecular formula is C69H58N2. The Hall–Kier alpha value is -8.20. The van der Waals surface area contributed by atoms with E-state index in [0.29, 0.717) is 0 Å². The van der Waals surface area contributed by atoms with Gasteiger partial charge in [-0.25, -0.2) is 0 Å². The molecule has 344 valence electrons. The largest absolute Gasteiger partial charge is 0.310 e. The summed E-state index contributed by atoms with van der Waals surface area (Å²) < 4.78 is 0. The van der Waals surface area contributed by atoms with Crippen LogP contribution in [0.25, 0.3) is 43.4 Å². The molecule has 0 heterocycles. The molecule has 0 saturated heterocycles. The van der Waals surface area contributed by atoms with Gasteiger partial charge in [0.1, 0.15) is 0 Å². The van der Waals surface area contributed by atoms with E-state index in [-0.39, 0.29) is 10.8 Å². The number of para-hydroxylation sites is 2. The van der Waals surface area contributed by atoms with Crippen molar-refractivity contribution in [1.82, 2.24) is 0 Å². The molecule has 0 bridgehead atoms. The summed E-state index contributed by atoms with van der Waals surface area (Å²) in [7, 11) is 0. The monoisotopic (exact) mass is 914 g/mol. The molecule has 2 nitrogen and oxygen atoms in total. The third-order valence-electron chi connectivity index (χ3n) is 15.0. The van der Waals surface area contributed by atoms with Crippen molar-refractivity contribution in [2.75, 3.05) is 9.80 Å². The Bertz CT molecular complexity index is 3690.